The molecule has 2 heteroatoms. The van der Waals surface area contributed by atoms with Crippen molar-refractivity contribution in [2.45, 2.75) is 45.6 Å². The standard InChI is InChI=1S/C15H24N2/c1-12(2)17-11-15-7-3-6-14(15)9-13-5-4-8-16-10-13/h4-5,8,10,12,14-15,17H,3,6-7,9,11H2,1-2H3. The van der Waals surface area contributed by atoms with Crippen LogP contribution in [0.4, 0.5) is 0 Å². The highest BCUT2D eigenvalue weighted by atomic mass is 14.9. The van der Waals surface area contributed by atoms with Gasteiger partial charge < -0.3 is 5.32 Å². The van der Waals surface area contributed by atoms with Crippen molar-refractivity contribution in [3.63, 3.8) is 0 Å². The molecule has 1 N–H and O–H groups in total. The van der Waals surface area contributed by atoms with E-state index in [2.05, 4.69) is 30.2 Å². The maximum atomic E-state index is 4.21. The number of nitrogens with zero attached hydrogens (tertiary/aromatic N) is 1. The van der Waals surface area contributed by atoms with E-state index in [1.54, 1.807) is 0 Å². The lowest BCUT2D eigenvalue weighted by atomic mass is 9.90. The molecule has 1 aliphatic rings. The molecule has 1 heterocycles. The van der Waals surface area contributed by atoms with Crippen molar-refractivity contribution in [2.24, 2.45) is 11.8 Å². The smallest absolute Gasteiger partial charge is 0.0299 e. The van der Waals surface area contributed by atoms with Gasteiger partial charge >= 0.3 is 0 Å². The molecule has 0 aliphatic heterocycles. The first-order valence-corrected chi connectivity index (χ1v) is 6.88. The molecule has 17 heavy (non-hydrogen) atoms. The van der Waals surface area contributed by atoms with Crippen LogP contribution in [0.5, 0.6) is 0 Å². The largest absolute Gasteiger partial charge is 0.314 e. The Morgan fingerprint density at radius 1 is 1.35 bits per heavy atom. The molecule has 94 valence electrons. The Balaban J connectivity index is 1.87. The Morgan fingerprint density at radius 2 is 2.18 bits per heavy atom. The summed E-state index contributed by atoms with van der Waals surface area (Å²) in [6.07, 6.45) is 9.26. The fourth-order valence-electron chi connectivity index (χ4n) is 2.86. The third kappa shape index (κ3) is 3.81. The Morgan fingerprint density at radius 3 is 2.88 bits per heavy atom. The van der Waals surface area contributed by atoms with Crippen LogP contribution in [0.3, 0.4) is 0 Å². The molecule has 0 saturated heterocycles. The van der Waals surface area contributed by atoms with Crippen LogP contribution >= 0.6 is 0 Å². The van der Waals surface area contributed by atoms with E-state index < -0.39 is 0 Å². The number of hydrogen-bond acceptors (Lipinski definition) is 2. The van der Waals surface area contributed by atoms with Gasteiger partial charge in [-0.05, 0) is 49.3 Å². The van der Waals surface area contributed by atoms with Gasteiger partial charge in [-0.15, -0.1) is 0 Å². The normalized spacial score (nSPS) is 24.4. The molecular formula is C15H24N2. The zero-order valence-corrected chi connectivity index (χ0v) is 11.0. The number of aromatic nitrogens is 1. The minimum absolute atomic E-state index is 0.606. The molecule has 0 radical (unpaired) electrons. The molecule has 0 amide bonds. The second-order valence-electron chi connectivity index (χ2n) is 5.58. The van der Waals surface area contributed by atoms with Gasteiger partial charge in [-0.25, -0.2) is 0 Å². The average Bonchev–Trinajstić information content (AvgIpc) is 2.75. The summed E-state index contributed by atoms with van der Waals surface area (Å²) < 4.78 is 0. The lowest BCUT2D eigenvalue weighted by Crippen LogP contribution is -2.31. The van der Waals surface area contributed by atoms with E-state index in [1.807, 2.05) is 18.5 Å². The summed E-state index contributed by atoms with van der Waals surface area (Å²) in [5.41, 5.74) is 1.40. The molecule has 0 bridgehead atoms. The van der Waals surface area contributed by atoms with Gasteiger partial charge in [0, 0.05) is 18.4 Å². The van der Waals surface area contributed by atoms with Crippen molar-refractivity contribution in [3.8, 4) is 0 Å². The van der Waals surface area contributed by atoms with Crippen molar-refractivity contribution in [1.82, 2.24) is 10.3 Å². The number of nitrogens with one attached hydrogen (secondary N) is 1. The van der Waals surface area contributed by atoms with Crippen LogP contribution in [-0.4, -0.2) is 17.6 Å². The molecule has 2 rings (SSSR count). The Labute approximate surface area is 105 Å². The van der Waals surface area contributed by atoms with Gasteiger partial charge in [-0.3, -0.25) is 4.98 Å². The van der Waals surface area contributed by atoms with Crippen molar-refractivity contribution in [1.29, 1.82) is 0 Å². The monoisotopic (exact) mass is 232 g/mol. The SMILES string of the molecule is CC(C)NCC1CCCC1Cc1cccnc1. The van der Waals surface area contributed by atoms with Crippen molar-refractivity contribution in [3.05, 3.63) is 30.1 Å². The molecule has 1 aromatic rings. The quantitative estimate of drug-likeness (QED) is 0.844. The minimum Gasteiger partial charge on any atom is -0.314 e. The Hall–Kier alpha value is -0.890. The molecule has 0 aromatic carbocycles. The summed E-state index contributed by atoms with van der Waals surface area (Å²) in [6, 6.07) is 4.86. The minimum atomic E-state index is 0.606. The lowest BCUT2D eigenvalue weighted by Gasteiger charge is -2.21. The molecule has 1 saturated carbocycles. The molecule has 2 nitrogen and oxygen atoms in total. The fraction of sp³-hybridized carbons (Fsp3) is 0.667. The van der Waals surface area contributed by atoms with Crippen LogP contribution in [0, 0.1) is 11.8 Å². The first kappa shape index (κ1) is 12.6. The Bertz CT molecular complexity index is 321. The van der Waals surface area contributed by atoms with Gasteiger partial charge in [0.1, 0.15) is 0 Å². The molecular weight excluding hydrogens is 208 g/mol. The average molecular weight is 232 g/mol. The molecule has 1 aliphatic carbocycles. The summed E-state index contributed by atoms with van der Waals surface area (Å²) in [7, 11) is 0. The number of pyridine rings is 1. The fourth-order valence-corrected chi connectivity index (χ4v) is 2.86. The van der Waals surface area contributed by atoms with Crippen molar-refractivity contribution >= 4 is 0 Å². The zero-order chi connectivity index (χ0) is 12.1. The molecule has 1 fully saturated rings. The first-order chi connectivity index (χ1) is 8.25. The molecule has 2 atom stereocenters. The van der Waals surface area contributed by atoms with E-state index in [9.17, 15) is 0 Å². The van der Waals surface area contributed by atoms with Gasteiger partial charge in [-0.2, -0.15) is 0 Å². The van der Waals surface area contributed by atoms with Gasteiger partial charge in [0.15, 0.2) is 0 Å². The van der Waals surface area contributed by atoms with Crippen LogP contribution in [-0.2, 0) is 6.42 Å². The van der Waals surface area contributed by atoms with Gasteiger partial charge in [-0.1, -0.05) is 26.3 Å². The highest BCUT2D eigenvalue weighted by Gasteiger charge is 2.27. The van der Waals surface area contributed by atoms with Crippen molar-refractivity contribution < 1.29 is 0 Å². The summed E-state index contributed by atoms with van der Waals surface area (Å²) in [6.45, 7) is 5.64. The van der Waals surface area contributed by atoms with Crippen LogP contribution in [0.25, 0.3) is 0 Å². The predicted molar refractivity (Wildman–Crippen MR) is 71.9 cm³/mol. The summed E-state index contributed by atoms with van der Waals surface area (Å²) >= 11 is 0. The third-order valence-corrected chi connectivity index (χ3v) is 3.83. The van der Waals surface area contributed by atoms with Crippen LogP contribution in [0.15, 0.2) is 24.5 Å². The third-order valence-electron chi connectivity index (χ3n) is 3.83. The summed E-state index contributed by atoms with van der Waals surface area (Å²) in [4.78, 5) is 4.21. The summed E-state index contributed by atoms with van der Waals surface area (Å²) in [5, 5.41) is 3.59. The maximum absolute atomic E-state index is 4.21. The highest BCUT2D eigenvalue weighted by molar-refractivity contribution is 5.10. The number of hydrogen-bond donors (Lipinski definition) is 1. The van der Waals surface area contributed by atoms with Crippen LogP contribution in [0.1, 0.15) is 38.7 Å². The van der Waals surface area contributed by atoms with Gasteiger partial charge in [0.05, 0.1) is 0 Å². The molecule has 1 aromatic heterocycles. The van der Waals surface area contributed by atoms with E-state index in [1.165, 1.54) is 37.8 Å². The highest BCUT2D eigenvalue weighted by Crippen LogP contribution is 2.33. The van der Waals surface area contributed by atoms with Gasteiger partial charge in [0.2, 0.25) is 0 Å². The Kier molecular flexibility index (Phi) is 4.55. The molecule has 2 unspecified atom stereocenters. The molecule has 0 spiro atoms. The van der Waals surface area contributed by atoms with E-state index in [0.717, 1.165) is 11.8 Å². The second kappa shape index (κ2) is 6.15. The number of rotatable bonds is 5. The van der Waals surface area contributed by atoms with E-state index in [4.69, 9.17) is 0 Å². The van der Waals surface area contributed by atoms with E-state index in [0.29, 0.717) is 6.04 Å². The maximum Gasteiger partial charge on any atom is 0.0299 e. The lowest BCUT2D eigenvalue weighted by molar-refractivity contribution is 0.354. The first-order valence-electron chi connectivity index (χ1n) is 6.88. The van der Waals surface area contributed by atoms with Gasteiger partial charge in [0.25, 0.3) is 0 Å². The van der Waals surface area contributed by atoms with Crippen LogP contribution < -0.4 is 5.32 Å². The topological polar surface area (TPSA) is 24.9 Å². The van der Waals surface area contributed by atoms with E-state index in [-0.39, 0.29) is 0 Å². The summed E-state index contributed by atoms with van der Waals surface area (Å²) in [5.74, 6) is 1.71. The van der Waals surface area contributed by atoms with E-state index >= 15 is 0 Å². The van der Waals surface area contributed by atoms with Crippen LogP contribution in [0.2, 0.25) is 0 Å². The predicted octanol–water partition coefficient (Wildman–Crippen LogP) is 3.04. The second-order valence-corrected chi connectivity index (χ2v) is 5.58. The zero-order valence-electron chi connectivity index (χ0n) is 11.0. The van der Waals surface area contributed by atoms with Crippen molar-refractivity contribution in [2.75, 3.05) is 6.54 Å².